The molecule has 0 saturated heterocycles. The average Bonchev–Trinajstić information content (AvgIpc) is 2.30. The van der Waals surface area contributed by atoms with Gasteiger partial charge in [0.05, 0.1) is 12.2 Å². The molecule has 0 unspecified atom stereocenters. The lowest BCUT2D eigenvalue weighted by Gasteiger charge is -2.08. The summed E-state index contributed by atoms with van der Waals surface area (Å²) in [6, 6.07) is 13.8. The lowest BCUT2D eigenvalue weighted by atomic mass is 10.1. The molecule has 0 radical (unpaired) electrons. The summed E-state index contributed by atoms with van der Waals surface area (Å²) in [5.41, 5.74) is 0.593. The minimum atomic E-state index is 0.572. The number of hydrogen-bond acceptors (Lipinski definition) is 2. The Morgan fingerprint density at radius 2 is 2.00 bits per heavy atom. The quantitative estimate of drug-likeness (QED) is 0.741. The summed E-state index contributed by atoms with van der Waals surface area (Å²) in [5.74, 6) is 0.693. The van der Waals surface area contributed by atoms with Crippen LogP contribution in [-0.4, -0.2) is 6.61 Å². The summed E-state index contributed by atoms with van der Waals surface area (Å²) < 4.78 is 5.52. The Morgan fingerprint density at radius 1 is 1.20 bits per heavy atom. The van der Waals surface area contributed by atoms with Gasteiger partial charge in [-0.25, -0.2) is 0 Å². The molecular formula is C13H11NO. The number of benzene rings is 2. The number of fused-ring (bicyclic) bond motifs is 1. The Labute approximate surface area is 88.7 Å². The Hall–Kier alpha value is -2.01. The second-order valence-corrected chi connectivity index (χ2v) is 3.21. The zero-order valence-electron chi connectivity index (χ0n) is 8.53. The van der Waals surface area contributed by atoms with E-state index < -0.39 is 0 Å². The highest BCUT2D eigenvalue weighted by Gasteiger charge is 2.07. The Balaban J connectivity index is 2.74. The number of nitrogens with zero attached hydrogens (tertiary/aromatic N) is 1. The molecule has 0 saturated carbocycles. The van der Waals surface area contributed by atoms with E-state index in [4.69, 9.17) is 10.00 Å². The van der Waals surface area contributed by atoms with Gasteiger partial charge >= 0.3 is 0 Å². The third-order valence-electron chi connectivity index (χ3n) is 2.29. The fourth-order valence-corrected chi connectivity index (χ4v) is 1.63. The number of nitriles is 1. The highest BCUT2D eigenvalue weighted by Crippen LogP contribution is 2.29. The first kappa shape index (κ1) is 9.54. The van der Waals surface area contributed by atoms with Crippen molar-refractivity contribution in [1.82, 2.24) is 0 Å². The van der Waals surface area contributed by atoms with Crippen LogP contribution in [0.25, 0.3) is 10.8 Å². The van der Waals surface area contributed by atoms with Crippen molar-refractivity contribution in [2.45, 2.75) is 6.92 Å². The highest BCUT2D eigenvalue weighted by molar-refractivity contribution is 5.90. The minimum absolute atomic E-state index is 0.572. The fourth-order valence-electron chi connectivity index (χ4n) is 1.63. The zero-order chi connectivity index (χ0) is 10.7. The second kappa shape index (κ2) is 4.02. The van der Waals surface area contributed by atoms with E-state index in [1.807, 2.05) is 37.3 Å². The van der Waals surface area contributed by atoms with Gasteiger partial charge in [-0.2, -0.15) is 5.26 Å². The van der Waals surface area contributed by atoms with E-state index in [1.165, 1.54) is 0 Å². The van der Waals surface area contributed by atoms with Gasteiger partial charge in [-0.1, -0.05) is 30.3 Å². The van der Waals surface area contributed by atoms with Crippen molar-refractivity contribution in [2.24, 2.45) is 0 Å². The first-order chi connectivity index (χ1) is 7.36. The van der Waals surface area contributed by atoms with Crippen LogP contribution in [0.3, 0.4) is 0 Å². The predicted molar refractivity (Wildman–Crippen MR) is 59.8 cm³/mol. The maximum Gasteiger partial charge on any atom is 0.144 e. The average molecular weight is 197 g/mol. The number of hydrogen-bond donors (Lipinski definition) is 0. The van der Waals surface area contributed by atoms with Crippen LogP contribution in [0.2, 0.25) is 0 Å². The number of rotatable bonds is 2. The van der Waals surface area contributed by atoms with E-state index in [0.717, 1.165) is 10.8 Å². The molecule has 0 amide bonds. The normalized spacial score (nSPS) is 9.87. The maximum atomic E-state index is 8.97. The molecular weight excluding hydrogens is 186 g/mol. The summed E-state index contributed by atoms with van der Waals surface area (Å²) >= 11 is 0. The molecule has 0 N–H and O–H groups in total. The molecule has 74 valence electrons. The molecule has 0 atom stereocenters. The summed E-state index contributed by atoms with van der Waals surface area (Å²) in [7, 11) is 0. The third kappa shape index (κ3) is 1.64. The van der Waals surface area contributed by atoms with E-state index in [9.17, 15) is 0 Å². The van der Waals surface area contributed by atoms with Crippen molar-refractivity contribution in [3.05, 3.63) is 42.0 Å². The zero-order valence-corrected chi connectivity index (χ0v) is 8.53. The molecule has 0 aromatic heterocycles. The van der Waals surface area contributed by atoms with E-state index >= 15 is 0 Å². The van der Waals surface area contributed by atoms with Gasteiger partial charge in [-0.15, -0.1) is 0 Å². The SMILES string of the molecule is CCOc1c(C#N)ccc2ccccc12. The molecule has 0 spiro atoms. The first-order valence-electron chi connectivity index (χ1n) is 4.91. The lowest BCUT2D eigenvalue weighted by Crippen LogP contribution is -1.95. The molecule has 15 heavy (non-hydrogen) atoms. The fraction of sp³-hybridized carbons (Fsp3) is 0.154. The maximum absolute atomic E-state index is 8.97. The van der Waals surface area contributed by atoms with Crippen molar-refractivity contribution in [1.29, 1.82) is 5.26 Å². The van der Waals surface area contributed by atoms with Crippen LogP contribution in [0.4, 0.5) is 0 Å². The molecule has 0 heterocycles. The summed E-state index contributed by atoms with van der Waals surface area (Å²) in [4.78, 5) is 0. The predicted octanol–water partition coefficient (Wildman–Crippen LogP) is 3.11. The van der Waals surface area contributed by atoms with Gasteiger partial charge in [-0.3, -0.25) is 0 Å². The van der Waals surface area contributed by atoms with E-state index in [1.54, 1.807) is 6.07 Å². The van der Waals surface area contributed by atoms with Crippen LogP contribution in [0, 0.1) is 11.3 Å². The Kier molecular flexibility index (Phi) is 2.55. The van der Waals surface area contributed by atoms with Crippen LogP contribution in [0.5, 0.6) is 5.75 Å². The van der Waals surface area contributed by atoms with Crippen molar-refractivity contribution >= 4 is 10.8 Å². The highest BCUT2D eigenvalue weighted by atomic mass is 16.5. The lowest BCUT2D eigenvalue weighted by molar-refractivity contribution is 0.343. The molecule has 0 aliphatic heterocycles. The molecule has 0 fully saturated rings. The molecule has 2 nitrogen and oxygen atoms in total. The summed E-state index contributed by atoms with van der Waals surface area (Å²) in [5, 5.41) is 11.1. The molecule has 2 aromatic rings. The third-order valence-corrected chi connectivity index (χ3v) is 2.29. The van der Waals surface area contributed by atoms with Crippen molar-refractivity contribution < 1.29 is 4.74 Å². The Bertz CT molecular complexity index is 526. The molecule has 0 bridgehead atoms. The molecule has 2 heteroatoms. The van der Waals surface area contributed by atoms with E-state index in [-0.39, 0.29) is 0 Å². The van der Waals surface area contributed by atoms with Gasteiger partial charge in [0, 0.05) is 5.39 Å². The van der Waals surface area contributed by atoms with Gasteiger partial charge in [0.1, 0.15) is 11.8 Å². The monoisotopic (exact) mass is 197 g/mol. The van der Waals surface area contributed by atoms with Gasteiger partial charge in [0.25, 0.3) is 0 Å². The second-order valence-electron chi connectivity index (χ2n) is 3.21. The van der Waals surface area contributed by atoms with Crippen LogP contribution in [0.1, 0.15) is 12.5 Å². The van der Waals surface area contributed by atoms with Crippen LogP contribution in [0.15, 0.2) is 36.4 Å². The molecule has 2 rings (SSSR count). The molecule has 0 aliphatic rings. The summed E-state index contributed by atoms with van der Waals surface area (Å²) in [6.45, 7) is 2.49. The van der Waals surface area contributed by atoms with E-state index in [2.05, 4.69) is 6.07 Å². The minimum Gasteiger partial charge on any atom is -0.492 e. The van der Waals surface area contributed by atoms with Gasteiger partial charge in [0.15, 0.2) is 0 Å². The molecule has 0 aliphatic carbocycles. The van der Waals surface area contributed by atoms with Crippen molar-refractivity contribution in [3.8, 4) is 11.8 Å². The first-order valence-corrected chi connectivity index (χ1v) is 4.91. The van der Waals surface area contributed by atoms with Crippen LogP contribution < -0.4 is 4.74 Å². The van der Waals surface area contributed by atoms with Crippen molar-refractivity contribution in [3.63, 3.8) is 0 Å². The van der Waals surface area contributed by atoms with Gasteiger partial charge in [-0.05, 0) is 18.4 Å². The smallest absolute Gasteiger partial charge is 0.144 e. The largest absolute Gasteiger partial charge is 0.492 e. The van der Waals surface area contributed by atoms with Crippen LogP contribution >= 0.6 is 0 Å². The van der Waals surface area contributed by atoms with Gasteiger partial charge < -0.3 is 4.74 Å². The van der Waals surface area contributed by atoms with Gasteiger partial charge in [0.2, 0.25) is 0 Å². The van der Waals surface area contributed by atoms with E-state index in [0.29, 0.717) is 17.9 Å². The van der Waals surface area contributed by atoms with Crippen LogP contribution in [-0.2, 0) is 0 Å². The van der Waals surface area contributed by atoms with Crippen molar-refractivity contribution in [2.75, 3.05) is 6.61 Å². The standard InChI is InChI=1S/C13H11NO/c1-2-15-13-11(9-14)8-7-10-5-3-4-6-12(10)13/h3-8H,2H2,1H3. The summed E-state index contributed by atoms with van der Waals surface area (Å²) in [6.07, 6.45) is 0. The number of ether oxygens (including phenoxy) is 1. The Morgan fingerprint density at radius 3 is 2.73 bits per heavy atom. The molecule has 2 aromatic carbocycles. The topological polar surface area (TPSA) is 33.0 Å².